The molecule has 4 heteroatoms. The van der Waals surface area contributed by atoms with Gasteiger partial charge in [0.2, 0.25) is 0 Å². The third-order valence-electron chi connectivity index (χ3n) is 1.47. The maximum absolute atomic E-state index is 7.00. The predicted octanol–water partition coefficient (Wildman–Crippen LogP) is 1.82. The van der Waals surface area contributed by atoms with Gasteiger partial charge in [0.25, 0.3) is 0 Å². The van der Waals surface area contributed by atoms with Gasteiger partial charge in [-0.05, 0) is 5.41 Å². The summed E-state index contributed by atoms with van der Waals surface area (Å²) in [6.07, 6.45) is 1.18. The average molecular weight is 410 g/mol. The number of hydrogen-bond acceptors (Lipinski definition) is 3. The summed E-state index contributed by atoms with van der Waals surface area (Å²) in [5, 5.41) is 21.0. The first-order chi connectivity index (χ1) is 7.58. The molecule has 1 aromatic rings. The average Bonchev–Trinajstić information content (AvgIpc) is 2.77. The van der Waals surface area contributed by atoms with Crippen LogP contribution in [0.1, 0.15) is 26.3 Å². The minimum Gasteiger partial charge on any atom is -0.400 e. The Morgan fingerprint density at radius 1 is 0.824 bits per heavy atom. The first kappa shape index (κ1) is 25.8. The zero-order valence-electron chi connectivity index (χ0n) is 11.9. The molecule has 3 N–H and O–H groups in total. The maximum Gasteiger partial charge on any atom is 0.0319 e. The van der Waals surface area contributed by atoms with E-state index in [4.69, 9.17) is 15.3 Å². The Kier molecular flexibility index (Phi) is 28.1. The van der Waals surface area contributed by atoms with E-state index in [9.17, 15) is 0 Å². The fourth-order valence-corrected chi connectivity index (χ4v) is 1.14. The molecule has 0 radical (unpaired) electrons. The molecule has 0 aromatic heterocycles. The van der Waals surface area contributed by atoms with Gasteiger partial charge in [0.05, 0.1) is 0 Å². The molecule has 102 valence electrons. The van der Waals surface area contributed by atoms with Crippen molar-refractivity contribution in [1.82, 2.24) is 0 Å². The molecular weight excluding hydrogens is 383 g/mol. The van der Waals surface area contributed by atoms with Crippen LogP contribution in [0.2, 0.25) is 0 Å². The van der Waals surface area contributed by atoms with Gasteiger partial charge in [-0.3, -0.25) is 0 Å². The number of hydrogen-bond donors (Lipinski definition) is 3. The molecule has 1 rings (SSSR count). The second kappa shape index (κ2) is 18.5. The fraction of sp³-hybridized carbons (Fsp3) is 0.615. The molecule has 0 saturated carbocycles. The SMILES string of the molecule is CC(C)(C)C[c-]1cccc1.CO.CO.CO.[Hf]. The molecule has 0 fully saturated rings. The Labute approximate surface area is 125 Å². The Hall–Kier alpha value is 0.100. The van der Waals surface area contributed by atoms with Gasteiger partial charge >= 0.3 is 0 Å². The standard InChI is InChI=1S/C10H15.3CH4O.Hf/c1-10(2,3)8-9-6-4-5-7-9;3*1-2;/h4-7H,8H2,1-3H3;3*2H,1H3;/q-1;;;;. The van der Waals surface area contributed by atoms with Gasteiger partial charge in [0.15, 0.2) is 0 Å². The van der Waals surface area contributed by atoms with Crippen LogP contribution in [0.3, 0.4) is 0 Å². The van der Waals surface area contributed by atoms with Crippen molar-refractivity contribution in [3.63, 3.8) is 0 Å². The Morgan fingerprint density at radius 2 is 1.12 bits per heavy atom. The number of aliphatic hydroxyl groups is 3. The van der Waals surface area contributed by atoms with E-state index in [0.29, 0.717) is 5.41 Å². The van der Waals surface area contributed by atoms with Gasteiger partial charge in [-0.25, -0.2) is 12.1 Å². The molecule has 0 aliphatic rings. The van der Waals surface area contributed by atoms with Crippen LogP contribution in [0.5, 0.6) is 0 Å². The largest absolute Gasteiger partial charge is 0.400 e. The minimum absolute atomic E-state index is 0. The van der Waals surface area contributed by atoms with E-state index < -0.39 is 0 Å². The van der Waals surface area contributed by atoms with Crippen LogP contribution in [-0.2, 0) is 32.3 Å². The van der Waals surface area contributed by atoms with Gasteiger partial charge in [-0.15, -0.1) is 0 Å². The van der Waals surface area contributed by atoms with Crippen LogP contribution in [0.4, 0.5) is 0 Å². The van der Waals surface area contributed by atoms with E-state index >= 15 is 0 Å². The van der Waals surface area contributed by atoms with E-state index in [1.54, 1.807) is 0 Å². The Bertz CT molecular complexity index is 191. The van der Waals surface area contributed by atoms with Crippen molar-refractivity contribution in [2.75, 3.05) is 21.3 Å². The van der Waals surface area contributed by atoms with E-state index in [2.05, 4.69) is 45.0 Å². The fourth-order valence-electron chi connectivity index (χ4n) is 1.14. The van der Waals surface area contributed by atoms with E-state index in [1.165, 1.54) is 12.0 Å². The molecule has 0 saturated heterocycles. The van der Waals surface area contributed by atoms with Gasteiger partial charge in [-0.1, -0.05) is 27.2 Å². The molecule has 1 aromatic carbocycles. The van der Waals surface area contributed by atoms with Crippen molar-refractivity contribution in [2.24, 2.45) is 5.41 Å². The van der Waals surface area contributed by atoms with Crippen molar-refractivity contribution >= 4 is 0 Å². The Balaban J connectivity index is -0.000000106. The predicted molar refractivity (Wildman–Crippen MR) is 69.6 cm³/mol. The molecule has 0 amide bonds. The molecule has 0 atom stereocenters. The van der Waals surface area contributed by atoms with E-state index in [1.807, 2.05) is 0 Å². The molecule has 0 unspecified atom stereocenters. The molecule has 0 aliphatic carbocycles. The summed E-state index contributed by atoms with van der Waals surface area (Å²) >= 11 is 0. The van der Waals surface area contributed by atoms with Crippen LogP contribution in [0, 0.1) is 5.41 Å². The summed E-state index contributed by atoms with van der Waals surface area (Å²) < 4.78 is 0. The number of rotatable bonds is 1. The van der Waals surface area contributed by atoms with Gasteiger partial charge < -0.3 is 15.3 Å². The summed E-state index contributed by atoms with van der Waals surface area (Å²) in [6, 6.07) is 8.57. The normalized spacial score (nSPS) is 8.06. The summed E-state index contributed by atoms with van der Waals surface area (Å²) in [5.41, 5.74) is 1.88. The third kappa shape index (κ3) is 21.9. The van der Waals surface area contributed by atoms with Crippen LogP contribution in [-0.4, -0.2) is 36.6 Å². The molecule has 3 nitrogen and oxygen atoms in total. The second-order valence-electron chi connectivity index (χ2n) is 4.03. The first-order valence-electron chi connectivity index (χ1n) is 5.13. The summed E-state index contributed by atoms with van der Waals surface area (Å²) in [6.45, 7) is 6.79. The smallest absolute Gasteiger partial charge is 0.0319 e. The molecule has 0 spiro atoms. The van der Waals surface area contributed by atoms with Gasteiger partial charge in [0, 0.05) is 47.2 Å². The van der Waals surface area contributed by atoms with Crippen molar-refractivity contribution in [2.45, 2.75) is 27.2 Å². The topological polar surface area (TPSA) is 60.7 Å². The first-order valence-corrected chi connectivity index (χ1v) is 5.13. The van der Waals surface area contributed by atoms with Gasteiger partial charge in [-0.2, -0.15) is 17.7 Å². The van der Waals surface area contributed by atoms with Crippen LogP contribution >= 0.6 is 0 Å². The van der Waals surface area contributed by atoms with Crippen molar-refractivity contribution in [3.05, 3.63) is 29.8 Å². The monoisotopic (exact) mass is 411 g/mol. The summed E-state index contributed by atoms with van der Waals surface area (Å²) in [5.74, 6) is 0. The summed E-state index contributed by atoms with van der Waals surface area (Å²) in [7, 11) is 3.00. The number of aliphatic hydroxyl groups excluding tert-OH is 3. The maximum atomic E-state index is 7.00. The minimum atomic E-state index is 0. The molecule has 0 aliphatic heterocycles. The van der Waals surface area contributed by atoms with Crippen molar-refractivity contribution in [3.8, 4) is 0 Å². The molecule has 0 heterocycles. The third-order valence-corrected chi connectivity index (χ3v) is 1.47. The summed E-state index contributed by atoms with van der Waals surface area (Å²) in [4.78, 5) is 0. The van der Waals surface area contributed by atoms with Gasteiger partial charge in [0.1, 0.15) is 0 Å². The molecule has 17 heavy (non-hydrogen) atoms. The Morgan fingerprint density at radius 3 is 1.35 bits per heavy atom. The quantitative estimate of drug-likeness (QED) is 0.490. The van der Waals surface area contributed by atoms with Crippen molar-refractivity contribution in [1.29, 1.82) is 0 Å². The second-order valence-corrected chi connectivity index (χ2v) is 4.03. The van der Waals surface area contributed by atoms with Crippen molar-refractivity contribution < 1.29 is 41.2 Å². The van der Waals surface area contributed by atoms with Crippen LogP contribution in [0.25, 0.3) is 0 Å². The zero-order chi connectivity index (χ0) is 13.6. The van der Waals surface area contributed by atoms with E-state index in [0.717, 1.165) is 21.3 Å². The molecule has 0 bridgehead atoms. The van der Waals surface area contributed by atoms with E-state index in [-0.39, 0.29) is 25.8 Å². The zero-order valence-corrected chi connectivity index (χ0v) is 15.5. The van der Waals surface area contributed by atoms with Crippen LogP contribution < -0.4 is 0 Å². The van der Waals surface area contributed by atoms with Crippen LogP contribution in [0.15, 0.2) is 24.3 Å². The molecular formula is C13H27HfO3-.